The lowest BCUT2D eigenvalue weighted by molar-refractivity contribution is -0.143. The molecule has 0 spiro atoms. The van der Waals surface area contributed by atoms with Gasteiger partial charge >= 0.3 is 12.4 Å². The van der Waals surface area contributed by atoms with Crippen LogP contribution in [0.1, 0.15) is 59.1 Å². The number of nitrogens with one attached hydrogen (secondary N) is 1. The molecule has 33 heavy (non-hydrogen) atoms. The molecule has 1 aliphatic rings. The summed E-state index contributed by atoms with van der Waals surface area (Å²) in [5.74, 6) is -0.439. The summed E-state index contributed by atoms with van der Waals surface area (Å²) in [4.78, 5) is 19.2. The summed E-state index contributed by atoms with van der Waals surface area (Å²) in [6.45, 7) is 5.97. The van der Waals surface area contributed by atoms with Crippen molar-refractivity contribution in [2.75, 3.05) is 19.6 Å². The summed E-state index contributed by atoms with van der Waals surface area (Å²) < 4.78 is 78.9. The number of carbonyl (C=O) groups excluding carboxylic acids is 1. The number of thiazole rings is 1. The van der Waals surface area contributed by atoms with Crippen LogP contribution in [0.15, 0.2) is 18.2 Å². The van der Waals surface area contributed by atoms with E-state index in [2.05, 4.69) is 22.1 Å². The third kappa shape index (κ3) is 6.47. The lowest BCUT2D eigenvalue weighted by Gasteiger charge is -2.33. The fraction of sp³-hybridized carbons (Fsp3) is 0.545. The number of alkyl halides is 6. The summed E-state index contributed by atoms with van der Waals surface area (Å²) in [5.41, 5.74) is -2.91. The molecule has 1 atom stereocenters. The number of carbonyl (C=O) groups is 1. The third-order valence-electron chi connectivity index (χ3n) is 5.69. The lowest BCUT2D eigenvalue weighted by Crippen LogP contribution is -2.39. The second kappa shape index (κ2) is 10.0. The summed E-state index contributed by atoms with van der Waals surface area (Å²) in [6.07, 6.45) is -5.63. The van der Waals surface area contributed by atoms with Crippen molar-refractivity contribution in [1.29, 1.82) is 0 Å². The van der Waals surface area contributed by atoms with E-state index in [-0.39, 0.29) is 27.2 Å². The van der Waals surface area contributed by atoms with E-state index in [1.54, 1.807) is 0 Å². The fourth-order valence-electron chi connectivity index (χ4n) is 3.86. The quantitative estimate of drug-likeness (QED) is 0.388. The summed E-state index contributed by atoms with van der Waals surface area (Å²) in [7, 11) is 0. The van der Waals surface area contributed by atoms with Crippen molar-refractivity contribution < 1.29 is 31.1 Å². The van der Waals surface area contributed by atoms with Crippen LogP contribution < -0.4 is 5.32 Å². The summed E-state index contributed by atoms with van der Waals surface area (Å²) >= 11 is 0.778. The maximum atomic E-state index is 13.1. The van der Waals surface area contributed by atoms with Crippen LogP contribution in [0.3, 0.4) is 0 Å². The minimum Gasteiger partial charge on any atom is -0.351 e. The summed E-state index contributed by atoms with van der Waals surface area (Å²) in [6, 6.07) is 1.82. The van der Waals surface area contributed by atoms with Gasteiger partial charge in [0.15, 0.2) is 0 Å². The monoisotopic (exact) mass is 493 g/mol. The number of halogens is 6. The number of rotatable bonds is 6. The minimum atomic E-state index is -4.95. The molecule has 3 rings (SSSR count). The molecular weight excluding hydrogens is 468 g/mol. The Morgan fingerprint density at radius 1 is 1.12 bits per heavy atom. The number of nitrogens with zero attached hydrogens (tertiary/aromatic N) is 2. The molecule has 1 amide bonds. The van der Waals surface area contributed by atoms with Crippen molar-refractivity contribution in [3.63, 3.8) is 0 Å². The Morgan fingerprint density at radius 2 is 1.76 bits per heavy atom. The second-order valence-corrected chi connectivity index (χ2v) is 9.22. The number of likely N-dealkylation sites (tertiary alicyclic amines) is 1. The highest BCUT2D eigenvalue weighted by Gasteiger charge is 2.37. The van der Waals surface area contributed by atoms with Crippen LogP contribution in [0.4, 0.5) is 26.3 Å². The van der Waals surface area contributed by atoms with Gasteiger partial charge in [-0.2, -0.15) is 26.3 Å². The highest BCUT2D eigenvalue weighted by Crippen LogP contribution is 2.39. The predicted molar refractivity (Wildman–Crippen MR) is 114 cm³/mol. The molecule has 2 aromatic rings. The van der Waals surface area contributed by atoms with Gasteiger partial charge in [0, 0.05) is 24.7 Å². The van der Waals surface area contributed by atoms with Crippen LogP contribution in [0.2, 0.25) is 0 Å². The molecule has 1 aromatic carbocycles. The van der Waals surface area contributed by atoms with Crippen molar-refractivity contribution >= 4 is 17.2 Å². The summed E-state index contributed by atoms with van der Waals surface area (Å²) in [5, 5.41) is 2.70. The molecule has 182 valence electrons. The zero-order valence-corrected chi connectivity index (χ0v) is 19.1. The number of aryl methyl sites for hydroxylation is 1. The van der Waals surface area contributed by atoms with Crippen molar-refractivity contribution in [2.45, 2.75) is 57.9 Å². The van der Waals surface area contributed by atoms with Crippen LogP contribution >= 0.6 is 11.3 Å². The molecular formula is C22H25F6N3OS. The van der Waals surface area contributed by atoms with E-state index in [9.17, 15) is 31.1 Å². The van der Waals surface area contributed by atoms with Gasteiger partial charge in [-0.05, 0) is 57.9 Å². The number of piperidine rings is 1. The Balaban J connectivity index is 1.72. The van der Waals surface area contributed by atoms with Gasteiger partial charge < -0.3 is 10.2 Å². The third-order valence-corrected chi connectivity index (χ3v) is 6.89. The SMILES string of the molecule is Cc1nc(-c2cc(C(F)(F)F)cc(C(F)(F)F)c2)sc1C(=O)NCCCN1CCCCC1C. The first-order chi connectivity index (χ1) is 15.4. The number of aromatic nitrogens is 1. The Hall–Kier alpha value is -2.14. The average Bonchev–Trinajstić information content (AvgIpc) is 3.12. The van der Waals surface area contributed by atoms with Crippen LogP contribution in [0.25, 0.3) is 10.6 Å². The van der Waals surface area contributed by atoms with Crippen molar-refractivity contribution in [3.05, 3.63) is 39.9 Å². The molecule has 1 aromatic heterocycles. The van der Waals surface area contributed by atoms with Gasteiger partial charge in [-0.15, -0.1) is 11.3 Å². The smallest absolute Gasteiger partial charge is 0.351 e. The Kier molecular flexibility index (Phi) is 7.73. The van der Waals surface area contributed by atoms with Gasteiger partial charge in [0.25, 0.3) is 5.91 Å². The molecule has 11 heteroatoms. The topological polar surface area (TPSA) is 45.2 Å². The first kappa shape index (κ1) is 25.5. The first-order valence-corrected chi connectivity index (χ1v) is 11.5. The van der Waals surface area contributed by atoms with Gasteiger partial charge in [-0.3, -0.25) is 4.79 Å². The maximum Gasteiger partial charge on any atom is 0.416 e. The van der Waals surface area contributed by atoms with E-state index >= 15 is 0 Å². The lowest BCUT2D eigenvalue weighted by atomic mass is 10.0. The molecule has 0 saturated carbocycles. The van der Waals surface area contributed by atoms with Crippen LogP contribution in [-0.4, -0.2) is 41.5 Å². The van der Waals surface area contributed by atoms with Gasteiger partial charge in [0.05, 0.1) is 16.8 Å². The molecule has 0 aliphatic carbocycles. The molecule has 1 saturated heterocycles. The maximum absolute atomic E-state index is 13.1. The first-order valence-electron chi connectivity index (χ1n) is 10.7. The molecule has 2 heterocycles. The molecule has 1 N–H and O–H groups in total. The molecule has 4 nitrogen and oxygen atoms in total. The van der Waals surface area contributed by atoms with Crippen LogP contribution in [0, 0.1) is 6.92 Å². The van der Waals surface area contributed by atoms with Gasteiger partial charge in [0.1, 0.15) is 9.88 Å². The molecule has 0 bridgehead atoms. The molecule has 1 unspecified atom stereocenters. The minimum absolute atomic E-state index is 0.0702. The van der Waals surface area contributed by atoms with Crippen molar-refractivity contribution in [2.24, 2.45) is 0 Å². The second-order valence-electron chi connectivity index (χ2n) is 8.22. The van der Waals surface area contributed by atoms with Crippen LogP contribution in [-0.2, 0) is 12.4 Å². The Morgan fingerprint density at radius 3 is 2.33 bits per heavy atom. The van der Waals surface area contributed by atoms with E-state index < -0.39 is 29.4 Å². The highest BCUT2D eigenvalue weighted by atomic mass is 32.1. The molecule has 1 aliphatic heterocycles. The van der Waals surface area contributed by atoms with Gasteiger partial charge in [-0.1, -0.05) is 6.42 Å². The largest absolute Gasteiger partial charge is 0.416 e. The van der Waals surface area contributed by atoms with Crippen LogP contribution in [0.5, 0.6) is 0 Å². The zero-order chi connectivity index (χ0) is 24.4. The number of benzene rings is 1. The van der Waals surface area contributed by atoms with E-state index in [4.69, 9.17) is 0 Å². The van der Waals surface area contributed by atoms with E-state index in [1.807, 2.05) is 0 Å². The van der Waals surface area contributed by atoms with Crippen molar-refractivity contribution in [1.82, 2.24) is 15.2 Å². The van der Waals surface area contributed by atoms with Gasteiger partial charge in [0.2, 0.25) is 0 Å². The van der Waals surface area contributed by atoms with E-state index in [0.29, 0.717) is 24.7 Å². The highest BCUT2D eigenvalue weighted by molar-refractivity contribution is 7.17. The Bertz CT molecular complexity index is 953. The number of amides is 1. The average molecular weight is 494 g/mol. The number of hydrogen-bond donors (Lipinski definition) is 1. The standard InChI is InChI=1S/C22H25F6N3OS/c1-13-6-3-4-8-31(13)9-5-7-29-19(32)18-14(2)30-20(33-18)15-10-16(21(23,24)25)12-17(11-15)22(26,27)28/h10-13H,3-9H2,1-2H3,(H,29,32). The predicted octanol–water partition coefficient (Wildman–Crippen LogP) is 6.15. The van der Waals surface area contributed by atoms with E-state index in [0.717, 1.165) is 43.7 Å². The Labute approximate surface area is 192 Å². The normalized spacial score (nSPS) is 17.9. The van der Waals surface area contributed by atoms with Crippen molar-refractivity contribution in [3.8, 4) is 10.6 Å². The zero-order valence-electron chi connectivity index (χ0n) is 18.2. The molecule has 1 fully saturated rings. The van der Waals surface area contributed by atoms with E-state index in [1.165, 1.54) is 13.3 Å². The molecule has 0 radical (unpaired) electrons. The van der Waals surface area contributed by atoms with Gasteiger partial charge in [-0.25, -0.2) is 4.98 Å². The number of hydrogen-bond acceptors (Lipinski definition) is 4. The fourth-order valence-corrected chi connectivity index (χ4v) is 4.83.